The van der Waals surface area contributed by atoms with Gasteiger partial charge in [0.2, 0.25) is 18.2 Å². The molecule has 0 aromatic heterocycles. The lowest BCUT2D eigenvalue weighted by atomic mass is 9.84. The van der Waals surface area contributed by atoms with Gasteiger partial charge in [0.25, 0.3) is 0 Å². The van der Waals surface area contributed by atoms with Crippen molar-refractivity contribution >= 4 is 18.2 Å². The number of hydrogen-bond donors (Lipinski definition) is 2. The first kappa shape index (κ1) is 22.4. The van der Waals surface area contributed by atoms with Crippen molar-refractivity contribution in [1.82, 2.24) is 15.3 Å². The van der Waals surface area contributed by atoms with Crippen LogP contribution >= 0.6 is 0 Å². The van der Waals surface area contributed by atoms with Gasteiger partial charge in [0.1, 0.15) is 6.04 Å². The monoisotopic (exact) mass is 369 g/mol. The van der Waals surface area contributed by atoms with Crippen molar-refractivity contribution in [2.24, 2.45) is 11.8 Å². The second kappa shape index (κ2) is 11.9. The van der Waals surface area contributed by atoms with Gasteiger partial charge in [-0.05, 0) is 18.8 Å². The van der Waals surface area contributed by atoms with Crippen molar-refractivity contribution < 1.29 is 19.6 Å². The molecule has 1 unspecified atom stereocenters. The first-order chi connectivity index (χ1) is 12.4. The maximum absolute atomic E-state index is 12.7. The Morgan fingerprint density at radius 1 is 1.23 bits per heavy atom. The van der Waals surface area contributed by atoms with Crippen molar-refractivity contribution in [1.29, 1.82) is 0 Å². The lowest BCUT2D eigenvalue weighted by Crippen LogP contribution is -2.50. The van der Waals surface area contributed by atoms with Gasteiger partial charge in [-0.15, -0.1) is 0 Å². The fraction of sp³-hybridized carbons (Fsp3) is 0.842. The smallest absolute Gasteiger partial charge is 0.244 e. The van der Waals surface area contributed by atoms with Gasteiger partial charge >= 0.3 is 0 Å². The number of nitrogens with zero attached hydrogens (tertiary/aromatic N) is 2. The summed E-state index contributed by atoms with van der Waals surface area (Å²) < 4.78 is 0. The average molecular weight is 370 g/mol. The number of likely N-dealkylation sites (N-methyl/N-ethyl adjacent to an activating group) is 1. The van der Waals surface area contributed by atoms with Crippen molar-refractivity contribution in [2.75, 3.05) is 20.6 Å². The molecule has 2 N–H and O–H groups in total. The molecule has 0 aliphatic heterocycles. The quantitative estimate of drug-likeness (QED) is 0.332. The summed E-state index contributed by atoms with van der Waals surface area (Å²) in [4.78, 5) is 37.5. The van der Waals surface area contributed by atoms with E-state index in [9.17, 15) is 19.6 Å². The van der Waals surface area contributed by atoms with Crippen molar-refractivity contribution in [3.8, 4) is 0 Å². The molecule has 26 heavy (non-hydrogen) atoms. The number of nitrogens with one attached hydrogen (secondary N) is 1. The second-order valence-corrected chi connectivity index (χ2v) is 7.60. The minimum absolute atomic E-state index is 0.0539. The molecule has 1 aliphatic rings. The van der Waals surface area contributed by atoms with Crippen molar-refractivity contribution in [3.63, 3.8) is 0 Å². The number of carbonyl (C=O) groups excluding carboxylic acids is 3. The van der Waals surface area contributed by atoms with Gasteiger partial charge in [0.15, 0.2) is 0 Å². The molecule has 0 spiro atoms. The van der Waals surface area contributed by atoms with E-state index < -0.39 is 12.0 Å². The molecular formula is C19H35N3O4. The van der Waals surface area contributed by atoms with E-state index in [1.807, 2.05) is 6.92 Å². The largest absolute Gasteiger partial charge is 0.347 e. The number of unbranched alkanes of at least 4 members (excludes halogenated alkanes) is 1. The van der Waals surface area contributed by atoms with Gasteiger partial charge in [-0.25, -0.2) is 5.06 Å². The molecule has 150 valence electrons. The normalized spacial score (nSPS) is 17.2. The van der Waals surface area contributed by atoms with Crippen LogP contribution in [0.2, 0.25) is 0 Å². The minimum Gasteiger partial charge on any atom is -0.347 e. The van der Waals surface area contributed by atoms with Crippen LogP contribution in [0.1, 0.15) is 64.7 Å². The third kappa shape index (κ3) is 7.72. The first-order valence-corrected chi connectivity index (χ1v) is 9.81. The van der Waals surface area contributed by atoms with Crippen LogP contribution in [0.15, 0.2) is 0 Å². The zero-order chi connectivity index (χ0) is 19.5. The molecule has 0 aromatic carbocycles. The van der Waals surface area contributed by atoms with Gasteiger partial charge < -0.3 is 10.2 Å². The molecule has 0 saturated heterocycles. The van der Waals surface area contributed by atoms with Crippen LogP contribution in [0.5, 0.6) is 0 Å². The summed E-state index contributed by atoms with van der Waals surface area (Å²) in [5.41, 5.74) is 0. The minimum atomic E-state index is -0.548. The predicted octanol–water partition coefficient (Wildman–Crippen LogP) is 2.18. The van der Waals surface area contributed by atoms with E-state index in [4.69, 9.17) is 0 Å². The van der Waals surface area contributed by atoms with E-state index in [2.05, 4.69) is 5.32 Å². The average Bonchev–Trinajstić information content (AvgIpc) is 2.64. The number of carbonyl (C=O) groups is 3. The van der Waals surface area contributed by atoms with E-state index in [-0.39, 0.29) is 18.4 Å². The van der Waals surface area contributed by atoms with Crippen molar-refractivity contribution in [2.45, 2.75) is 70.8 Å². The summed E-state index contributed by atoms with van der Waals surface area (Å²) in [6.07, 6.45) is 9.06. The third-order valence-electron chi connectivity index (χ3n) is 5.16. The van der Waals surface area contributed by atoms with Crippen LogP contribution in [0.25, 0.3) is 0 Å². The number of rotatable bonds is 11. The third-order valence-corrected chi connectivity index (χ3v) is 5.16. The Kier molecular flexibility index (Phi) is 10.2. The molecule has 1 saturated carbocycles. The molecule has 2 atom stereocenters. The summed E-state index contributed by atoms with van der Waals surface area (Å²) in [5, 5.41) is 12.9. The summed E-state index contributed by atoms with van der Waals surface area (Å²) in [6, 6.07) is -0.548. The highest BCUT2D eigenvalue weighted by atomic mass is 16.5. The maximum Gasteiger partial charge on any atom is 0.244 e. The molecular weight excluding hydrogens is 334 g/mol. The molecule has 1 fully saturated rings. The Hall–Kier alpha value is -1.63. The van der Waals surface area contributed by atoms with Gasteiger partial charge in [0, 0.05) is 14.1 Å². The summed E-state index contributed by atoms with van der Waals surface area (Å²) in [5.74, 6) is -0.435. The number of hydroxylamine groups is 2. The molecule has 0 heterocycles. The van der Waals surface area contributed by atoms with Crippen LogP contribution in [0.3, 0.4) is 0 Å². The number of hydrogen-bond acceptors (Lipinski definition) is 4. The topological polar surface area (TPSA) is 90.0 Å². The Labute approximate surface area is 157 Å². The highest BCUT2D eigenvalue weighted by Gasteiger charge is 2.30. The van der Waals surface area contributed by atoms with E-state index in [1.165, 1.54) is 24.2 Å². The Morgan fingerprint density at radius 3 is 2.42 bits per heavy atom. The van der Waals surface area contributed by atoms with Crippen LogP contribution in [-0.2, 0) is 14.4 Å². The fourth-order valence-electron chi connectivity index (χ4n) is 3.60. The van der Waals surface area contributed by atoms with Crippen LogP contribution in [0.4, 0.5) is 0 Å². The van der Waals surface area contributed by atoms with Gasteiger partial charge in [-0.2, -0.15) is 0 Å². The molecule has 0 radical (unpaired) electrons. The van der Waals surface area contributed by atoms with Gasteiger partial charge in [-0.1, -0.05) is 51.9 Å². The summed E-state index contributed by atoms with van der Waals surface area (Å²) in [7, 11) is 3.39. The first-order valence-electron chi connectivity index (χ1n) is 9.81. The lowest BCUT2D eigenvalue weighted by molar-refractivity contribution is -0.155. The van der Waals surface area contributed by atoms with Gasteiger partial charge in [0.05, 0.1) is 12.5 Å². The summed E-state index contributed by atoms with van der Waals surface area (Å²) >= 11 is 0. The standard InChI is InChI=1S/C19H35N3O4/c1-4-5-11-16(13-22(26)14-23)18(24)20-17(19(25)21(2)3)12-15-9-7-6-8-10-15/h14-17,26H,4-13H2,1-3H3,(H,20,24)/t16-,17?/m1/s1. The molecule has 3 amide bonds. The molecule has 1 rings (SSSR count). The van der Waals surface area contributed by atoms with E-state index in [0.717, 1.165) is 25.7 Å². The highest BCUT2D eigenvalue weighted by molar-refractivity contribution is 5.88. The van der Waals surface area contributed by atoms with E-state index in [0.29, 0.717) is 30.2 Å². The fourth-order valence-corrected chi connectivity index (χ4v) is 3.60. The Balaban J connectivity index is 2.78. The lowest BCUT2D eigenvalue weighted by Gasteiger charge is -2.29. The molecule has 7 nitrogen and oxygen atoms in total. The summed E-state index contributed by atoms with van der Waals surface area (Å²) in [6.45, 7) is 1.97. The van der Waals surface area contributed by atoms with E-state index in [1.54, 1.807) is 14.1 Å². The highest BCUT2D eigenvalue weighted by Crippen LogP contribution is 2.27. The molecule has 7 heteroatoms. The van der Waals surface area contributed by atoms with E-state index >= 15 is 0 Å². The zero-order valence-electron chi connectivity index (χ0n) is 16.4. The molecule has 0 bridgehead atoms. The Morgan fingerprint density at radius 2 is 1.88 bits per heavy atom. The van der Waals surface area contributed by atoms with Crippen LogP contribution in [-0.4, -0.2) is 60.1 Å². The van der Waals surface area contributed by atoms with Crippen LogP contribution in [0, 0.1) is 11.8 Å². The molecule has 0 aromatic rings. The number of amides is 3. The van der Waals surface area contributed by atoms with Gasteiger partial charge in [-0.3, -0.25) is 19.6 Å². The van der Waals surface area contributed by atoms with Crippen LogP contribution < -0.4 is 5.32 Å². The SMILES string of the molecule is CCCC[C@H](CN(O)C=O)C(=O)NC(CC1CCCCC1)C(=O)N(C)C. The predicted molar refractivity (Wildman–Crippen MR) is 99.4 cm³/mol. The molecule has 1 aliphatic carbocycles. The van der Waals surface area contributed by atoms with Crippen molar-refractivity contribution in [3.05, 3.63) is 0 Å². The maximum atomic E-state index is 12.7. The zero-order valence-corrected chi connectivity index (χ0v) is 16.4. The Bertz CT molecular complexity index is 450. The second-order valence-electron chi connectivity index (χ2n) is 7.60.